The van der Waals surface area contributed by atoms with Gasteiger partial charge in [0, 0.05) is 6.42 Å². The van der Waals surface area contributed by atoms with Crippen LogP contribution in [0, 0.1) is 5.41 Å². The molecule has 0 spiro atoms. The van der Waals surface area contributed by atoms with Crippen molar-refractivity contribution in [2.24, 2.45) is 5.41 Å². The fraction of sp³-hybridized carbons (Fsp3) is 0.385. The summed E-state index contributed by atoms with van der Waals surface area (Å²) < 4.78 is 0. The summed E-state index contributed by atoms with van der Waals surface area (Å²) in [4.78, 5) is 19.1. The molecule has 0 bridgehead atoms. The molecule has 17 heavy (non-hydrogen) atoms. The lowest BCUT2D eigenvalue weighted by Gasteiger charge is -2.16. The lowest BCUT2D eigenvalue weighted by atomic mass is 9.92. The zero-order valence-electron chi connectivity index (χ0n) is 10.4. The number of nitrogens with one attached hydrogen (secondary N) is 2. The first kappa shape index (κ1) is 11.6. The van der Waals surface area contributed by atoms with Crippen LogP contribution in [0.2, 0.25) is 0 Å². The van der Waals surface area contributed by atoms with Gasteiger partial charge in [-0.25, -0.2) is 4.98 Å². The molecule has 4 heteroatoms. The molecule has 0 aliphatic heterocycles. The van der Waals surface area contributed by atoms with E-state index in [0.717, 1.165) is 11.0 Å². The summed E-state index contributed by atoms with van der Waals surface area (Å²) in [5, 5.41) is 2.78. The number of benzene rings is 1. The minimum atomic E-state index is -0.0178. The van der Waals surface area contributed by atoms with Crippen molar-refractivity contribution in [3.63, 3.8) is 0 Å². The van der Waals surface area contributed by atoms with Crippen molar-refractivity contribution in [3.05, 3.63) is 24.3 Å². The third-order valence-corrected chi connectivity index (χ3v) is 2.34. The number of anilines is 1. The van der Waals surface area contributed by atoms with Crippen molar-refractivity contribution in [1.82, 2.24) is 9.97 Å². The Bertz CT molecular complexity index is 504. The summed E-state index contributed by atoms with van der Waals surface area (Å²) >= 11 is 0. The van der Waals surface area contributed by atoms with E-state index in [4.69, 9.17) is 0 Å². The predicted octanol–water partition coefficient (Wildman–Crippen LogP) is 2.94. The van der Waals surface area contributed by atoms with E-state index in [-0.39, 0.29) is 11.3 Å². The number of imidazole rings is 1. The van der Waals surface area contributed by atoms with Crippen LogP contribution in [0.1, 0.15) is 27.2 Å². The van der Waals surface area contributed by atoms with Crippen molar-refractivity contribution >= 4 is 22.9 Å². The first-order valence-corrected chi connectivity index (χ1v) is 5.69. The van der Waals surface area contributed by atoms with Gasteiger partial charge in [-0.3, -0.25) is 10.1 Å². The minimum absolute atomic E-state index is 0.0171. The first-order chi connectivity index (χ1) is 7.94. The van der Waals surface area contributed by atoms with Crippen LogP contribution in [0.15, 0.2) is 24.3 Å². The second kappa shape index (κ2) is 4.20. The normalized spacial score (nSPS) is 11.7. The Hall–Kier alpha value is -1.84. The Balaban J connectivity index is 2.11. The van der Waals surface area contributed by atoms with Gasteiger partial charge in [0.05, 0.1) is 11.0 Å². The van der Waals surface area contributed by atoms with Gasteiger partial charge in [0.2, 0.25) is 11.9 Å². The number of hydrogen-bond donors (Lipinski definition) is 2. The third-order valence-electron chi connectivity index (χ3n) is 2.34. The van der Waals surface area contributed by atoms with Crippen LogP contribution in [0.5, 0.6) is 0 Å². The highest BCUT2D eigenvalue weighted by Gasteiger charge is 2.16. The summed E-state index contributed by atoms with van der Waals surface area (Å²) in [7, 11) is 0. The zero-order valence-corrected chi connectivity index (χ0v) is 10.4. The third kappa shape index (κ3) is 3.06. The van der Waals surface area contributed by atoms with Crippen LogP contribution >= 0.6 is 0 Å². The maximum Gasteiger partial charge on any atom is 0.227 e. The quantitative estimate of drug-likeness (QED) is 0.834. The van der Waals surface area contributed by atoms with Gasteiger partial charge in [0.15, 0.2) is 0 Å². The Morgan fingerprint density at radius 2 is 2.06 bits per heavy atom. The Morgan fingerprint density at radius 3 is 2.71 bits per heavy atom. The molecule has 0 fully saturated rings. The molecule has 0 aliphatic rings. The summed E-state index contributed by atoms with van der Waals surface area (Å²) in [6, 6.07) is 7.69. The Kier molecular flexibility index (Phi) is 2.88. The van der Waals surface area contributed by atoms with Crippen LogP contribution < -0.4 is 5.32 Å². The molecule has 4 nitrogen and oxygen atoms in total. The monoisotopic (exact) mass is 231 g/mol. The van der Waals surface area contributed by atoms with E-state index in [1.165, 1.54) is 0 Å². The van der Waals surface area contributed by atoms with Gasteiger partial charge in [-0.15, -0.1) is 0 Å². The number of amides is 1. The molecule has 0 saturated heterocycles. The second-order valence-electron chi connectivity index (χ2n) is 5.39. The molecule has 90 valence electrons. The van der Waals surface area contributed by atoms with Gasteiger partial charge >= 0.3 is 0 Å². The number of H-pyrrole nitrogens is 1. The molecule has 0 atom stereocenters. The molecule has 1 aromatic heterocycles. The minimum Gasteiger partial charge on any atom is -0.324 e. The zero-order chi connectivity index (χ0) is 12.5. The van der Waals surface area contributed by atoms with Crippen LogP contribution in [0.3, 0.4) is 0 Å². The summed E-state index contributed by atoms with van der Waals surface area (Å²) in [5.41, 5.74) is 1.77. The van der Waals surface area contributed by atoms with E-state index < -0.39 is 0 Å². The number of fused-ring (bicyclic) bond motifs is 1. The summed E-state index contributed by atoms with van der Waals surface area (Å²) in [5.74, 6) is 0.497. The molecule has 0 unspecified atom stereocenters. The molecular weight excluding hydrogens is 214 g/mol. The Labute approximate surface area is 100 Å². The average molecular weight is 231 g/mol. The lowest BCUT2D eigenvalue weighted by Crippen LogP contribution is -2.20. The highest BCUT2D eigenvalue weighted by Crippen LogP contribution is 2.19. The van der Waals surface area contributed by atoms with E-state index in [1.54, 1.807) is 0 Å². The number of rotatable bonds is 2. The molecule has 1 amide bonds. The van der Waals surface area contributed by atoms with Gasteiger partial charge in [-0.1, -0.05) is 32.9 Å². The maximum absolute atomic E-state index is 11.7. The second-order valence-corrected chi connectivity index (χ2v) is 5.39. The molecule has 2 rings (SSSR count). The molecule has 2 N–H and O–H groups in total. The number of para-hydroxylation sites is 2. The van der Waals surface area contributed by atoms with E-state index in [2.05, 4.69) is 15.3 Å². The molecule has 2 aromatic rings. The standard InChI is InChI=1S/C13H17N3O/c1-13(2,3)8-11(17)16-12-14-9-6-4-5-7-10(9)15-12/h4-7H,8H2,1-3H3,(H2,14,15,16,17). The van der Waals surface area contributed by atoms with Crippen LogP contribution in [-0.2, 0) is 4.79 Å². The van der Waals surface area contributed by atoms with E-state index in [0.29, 0.717) is 12.4 Å². The topological polar surface area (TPSA) is 57.8 Å². The van der Waals surface area contributed by atoms with E-state index in [1.807, 2.05) is 45.0 Å². The van der Waals surface area contributed by atoms with Gasteiger partial charge in [0.1, 0.15) is 0 Å². The van der Waals surface area contributed by atoms with Crippen LogP contribution in [-0.4, -0.2) is 15.9 Å². The Morgan fingerprint density at radius 1 is 1.35 bits per heavy atom. The van der Waals surface area contributed by atoms with Gasteiger partial charge in [-0.05, 0) is 17.5 Å². The first-order valence-electron chi connectivity index (χ1n) is 5.69. The SMILES string of the molecule is CC(C)(C)CC(=O)Nc1nc2ccccc2[nH]1. The molecule has 0 radical (unpaired) electrons. The highest BCUT2D eigenvalue weighted by molar-refractivity contribution is 5.91. The van der Waals surface area contributed by atoms with Crippen molar-refractivity contribution in [2.75, 3.05) is 5.32 Å². The number of carbonyl (C=O) groups excluding carboxylic acids is 1. The smallest absolute Gasteiger partial charge is 0.227 e. The van der Waals surface area contributed by atoms with Gasteiger partial charge in [0.25, 0.3) is 0 Å². The molecular formula is C13H17N3O. The maximum atomic E-state index is 11.7. The number of nitrogens with zero attached hydrogens (tertiary/aromatic N) is 1. The largest absolute Gasteiger partial charge is 0.324 e. The van der Waals surface area contributed by atoms with Crippen LogP contribution in [0.4, 0.5) is 5.95 Å². The van der Waals surface area contributed by atoms with E-state index in [9.17, 15) is 4.79 Å². The fourth-order valence-electron chi connectivity index (χ4n) is 1.67. The fourth-order valence-corrected chi connectivity index (χ4v) is 1.67. The molecule has 0 saturated carbocycles. The number of carbonyl (C=O) groups is 1. The van der Waals surface area contributed by atoms with Crippen molar-refractivity contribution < 1.29 is 4.79 Å². The highest BCUT2D eigenvalue weighted by atomic mass is 16.1. The summed E-state index contributed by atoms with van der Waals surface area (Å²) in [6.07, 6.45) is 0.476. The van der Waals surface area contributed by atoms with Crippen molar-refractivity contribution in [1.29, 1.82) is 0 Å². The van der Waals surface area contributed by atoms with E-state index >= 15 is 0 Å². The number of aromatic nitrogens is 2. The molecule has 1 aromatic carbocycles. The predicted molar refractivity (Wildman–Crippen MR) is 68.8 cm³/mol. The molecule has 0 aliphatic carbocycles. The van der Waals surface area contributed by atoms with Crippen molar-refractivity contribution in [3.8, 4) is 0 Å². The van der Waals surface area contributed by atoms with Gasteiger partial charge in [-0.2, -0.15) is 0 Å². The number of aromatic amines is 1. The number of hydrogen-bond acceptors (Lipinski definition) is 2. The van der Waals surface area contributed by atoms with Gasteiger partial charge < -0.3 is 4.98 Å². The van der Waals surface area contributed by atoms with Crippen LogP contribution in [0.25, 0.3) is 11.0 Å². The summed E-state index contributed by atoms with van der Waals surface area (Å²) in [6.45, 7) is 6.10. The lowest BCUT2D eigenvalue weighted by molar-refractivity contribution is -0.117. The van der Waals surface area contributed by atoms with Crippen molar-refractivity contribution in [2.45, 2.75) is 27.2 Å². The average Bonchev–Trinajstić information content (AvgIpc) is 2.55. The molecule has 1 heterocycles.